The van der Waals surface area contributed by atoms with Gasteiger partial charge >= 0.3 is 0 Å². The van der Waals surface area contributed by atoms with Crippen molar-refractivity contribution >= 4 is 17.4 Å². The molecule has 1 atom stereocenters. The molecule has 0 aliphatic carbocycles. The standard InChI is InChI=1S/C22H26N6O/c1-26(2)20(18-13-25-27(3)15-18)14-24-21-9-8-17(12-23-21)22(29)28-11-10-16-6-4-5-7-19(16)28/h4-9,12-13,15,20H,10-11,14H2,1-3H3,(H,23,24). The number of hydrogen-bond donors (Lipinski definition) is 1. The van der Waals surface area contributed by atoms with Crippen LogP contribution in [0.15, 0.2) is 55.0 Å². The molecule has 1 aliphatic heterocycles. The Balaban J connectivity index is 1.42. The van der Waals surface area contributed by atoms with Crippen LogP contribution in [0.2, 0.25) is 0 Å². The first-order chi connectivity index (χ1) is 14.0. The number of likely N-dealkylation sites (N-methyl/N-ethyl adjacent to an activating group) is 1. The molecule has 0 bridgehead atoms. The molecule has 0 saturated carbocycles. The molecule has 7 heteroatoms. The number of benzene rings is 1. The molecule has 2 aromatic heterocycles. The van der Waals surface area contributed by atoms with Crippen LogP contribution in [-0.4, -0.2) is 52.8 Å². The summed E-state index contributed by atoms with van der Waals surface area (Å²) >= 11 is 0. The molecule has 4 rings (SSSR count). The Morgan fingerprint density at radius 2 is 2.03 bits per heavy atom. The molecule has 0 fully saturated rings. The van der Waals surface area contributed by atoms with Gasteiger partial charge < -0.3 is 15.1 Å². The number of carbonyl (C=O) groups excluding carboxylic acids is 1. The average molecular weight is 390 g/mol. The molecule has 150 valence electrons. The van der Waals surface area contributed by atoms with E-state index in [-0.39, 0.29) is 11.9 Å². The highest BCUT2D eigenvalue weighted by atomic mass is 16.2. The number of fused-ring (bicyclic) bond motifs is 1. The molecule has 3 aromatic rings. The SMILES string of the molecule is CN(C)C(CNc1ccc(C(=O)N2CCc3ccccc32)cn1)c1cnn(C)c1. The molecule has 0 radical (unpaired) electrons. The zero-order valence-electron chi connectivity index (χ0n) is 17.0. The maximum absolute atomic E-state index is 12.9. The van der Waals surface area contributed by atoms with Crippen LogP contribution in [0.25, 0.3) is 0 Å². The van der Waals surface area contributed by atoms with Crippen LogP contribution in [0.4, 0.5) is 11.5 Å². The minimum atomic E-state index is -0.00414. The van der Waals surface area contributed by atoms with Crippen molar-refractivity contribution in [2.75, 3.05) is 37.4 Å². The fraction of sp³-hybridized carbons (Fsp3) is 0.318. The molecule has 1 N–H and O–H groups in total. The number of carbonyl (C=O) groups is 1. The van der Waals surface area contributed by atoms with E-state index in [1.165, 1.54) is 5.56 Å². The summed E-state index contributed by atoms with van der Waals surface area (Å²) in [5.74, 6) is 0.745. The van der Waals surface area contributed by atoms with Gasteiger partial charge in [-0.2, -0.15) is 5.10 Å². The van der Waals surface area contributed by atoms with Gasteiger partial charge in [0.1, 0.15) is 5.82 Å². The van der Waals surface area contributed by atoms with Gasteiger partial charge in [-0.25, -0.2) is 4.98 Å². The van der Waals surface area contributed by atoms with Crippen molar-refractivity contribution in [3.63, 3.8) is 0 Å². The molecule has 1 amide bonds. The lowest BCUT2D eigenvalue weighted by molar-refractivity contribution is 0.0989. The van der Waals surface area contributed by atoms with Crippen molar-refractivity contribution < 1.29 is 4.79 Å². The number of para-hydroxylation sites is 1. The van der Waals surface area contributed by atoms with Gasteiger partial charge in [-0.15, -0.1) is 0 Å². The van der Waals surface area contributed by atoms with Gasteiger partial charge in [-0.05, 0) is 44.3 Å². The first-order valence-corrected chi connectivity index (χ1v) is 9.77. The van der Waals surface area contributed by atoms with Crippen LogP contribution in [0.3, 0.4) is 0 Å². The van der Waals surface area contributed by atoms with Gasteiger partial charge in [0.05, 0.1) is 17.8 Å². The molecule has 1 unspecified atom stereocenters. The highest BCUT2D eigenvalue weighted by Crippen LogP contribution is 2.28. The Morgan fingerprint density at radius 3 is 2.72 bits per heavy atom. The van der Waals surface area contributed by atoms with Gasteiger partial charge in [0.25, 0.3) is 5.91 Å². The molecule has 29 heavy (non-hydrogen) atoms. The molecule has 0 spiro atoms. The van der Waals surface area contributed by atoms with Gasteiger partial charge in [0, 0.05) is 43.8 Å². The molecule has 7 nitrogen and oxygen atoms in total. The van der Waals surface area contributed by atoms with E-state index >= 15 is 0 Å². The summed E-state index contributed by atoms with van der Waals surface area (Å²) in [5.41, 5.74) is 3.97. The van der Waals surface area contributed by atoms with E-state index in [0.717, 1.165) is 23.5 Å². The van der Waals surface area contributed by atoms with Crippen molar-refractivity contribution in [2.24, 2.45) is 7.05 Å². The summed E-state index contributed by atoms with van der Waals surface area (Å²) in [7, 11) is 6.00. The van der Waals surface area contributed by atoms with Crippen molar-refractivity contribution in [3.05, 3.63) is 71.7 Å². The number of hydrogen-bond acceptors (Lipinski definition) is 5. The van der Waals surface area contributed by atoms with Crippen molar-refractivity contribution in [1.29, 1.82) is 0 Å². The lowest BCUT2D eigenvalue weighted by Crippen LogP contribution is -2.29. The highest BCUT2D eigenvalue weighted by molar-refractivity contribution is 6.07. The maximum atomic E-state index is 12.9. The first-order valence-electron chi connectivity index (χ1n) is 9.77. The Hall–Kier alpha value is -3.19. The number of nitrogens with zero attached hydrogens (tertiary/aromatic N) is 5. The molecule has 0 saturated heterocycles. The minimum Gasteiger partial charge on any atom is -0.368 e. The second-order valence-electron chi connectivity index (χ2n) is 7.58. The van der Waals surface area contributed by atoms with Crippen molar-refractivity contribution in [2.45, 2.75) is 12.5 Å². The van der Waals surface area contributed by atoms with E-state index < -0.39 is 0 Å². The third kappa shape index (κ3) is 4.00. The van der Waals surface area contributed by atoms with Crippen molar-refractivity contribution in [1.82, 2.24) is 19.7 Å². The highest BCUT2D eigenvalue weighted by Gasteiger charge is 2.25. The summed E-state index contributed by atoms with van der Waals surface area (Å²) in [4.78, 5) is 21.4. The number of aromatic nitrogens is 3. The van der Waals surface area contributed by atoms with Crippen LogP contribution < -0.4 is 10.2 Å². The van der Waals surface area contributed by atoms with Crippen LogP contribution in [0.1, 0.15) is 27.5 Å². The predicted molar refractivity (Wildman–Crippen MR) is 114 cm³/mol. The maximum Gasteiger partial charge on any atom is 0.259 e. The van der Waals surface area contributed by atoms with Crippen LogP contribution >= 0.6 is 0 Å². The van der Waals surface area contributed by atoms with Crippen LogP contribution in [0.5, 0.6) is 0 Å². The fourth-order valence-electron chi connectivity index (χ4n) is 3.74. The van der Waals surface area contributed by atoms with Gasteiger partial charge in [-0.3, -0.25) is 9.48 Å². The Morgan fingerprint density at radius 1 is 1.21 bits per heavy atom. The normalized spacial score (nSPS) is 14.1. The quantitative estimate of drug-likeness (QED) is 0.701. The van der Waals surface area contributed by atoms with E-state index in [2.05, 4.69) is 26.4 Å². The molecule has 1 aromatic carbocycles. The number of rotatable bonds is 6. The van der Waals surface area contributed by atoms with E-state index in [4.69, 9.17) is 0 Å². The van der Waals surface area contributed by atoms with Gasteiger partial charge in [0.15, 0.2) is 0 Å². The van der Waals surface area contributed by atoms with Crippen LogP contribution in [-0.2, 0) is 13.5 Å². The Kier molecular flexibility index (Phi) is 5.31. The van der Waals surface area contributed by atoms with E-state index in [1.54, 1.807) is 10.9 Å². The second kappa shape index (κ2) is 8.05. The third-order valence-corrected chi connectivity index (χ3v) is 5.35. The summed E-state index contributed by atoms with van der Waals surface area (Å²) < 4.78 is 1.81. The summed E-state index contributed by atoms with van der Waals surface area (Å²) in [6.45, 7) is 1.41. The summed E-state index contributed by atoms with van der Waals surface area (Å²) in [6.07, 6.45) is 6.46. The van der Waals surface area contributed by atoms with Gasteiger partial charge in [-0.1, -0.05) is 18.2 Å². The number of amides is 1. The number of pyridine rings is 1. The molecule has 1 aliphatic rings. The zero-order chi connectivity index (χ0) is 20.4. The number of aryl methyl sites for hydroxylation is 1. The monoisotopic (exact) mass is 390 g/mol. The zero-order valence-corrected chi connectivity index (χ0v) is 17.0. The topological polar surface area (TPSA) is 66.3 Å². The molecular weight excluding hydrogens is 364 g/mol. The fourth-order valence-corrected chi connectivity index (χ4v) is 3.74. The smallest absolute Gasteiger partial charge is 0.259 e. The number of anilines is 2. The molecule has 3 heterocycles. The predicted octanol–water partition coefficient (Wildman–Crippen LogP) is 2.73. The average Bonchev–Trinajstić information content (AvgIpc) is 3.34. The van der Waals surface area contributed by atoms with Gasteiger partial charge in [0.2, 0.25) is 0 Å². The van der Waals surface area contributed by atoms with E-state index in [0.29, 0.717) is 18.7 Å². The van der Waals surface area contributed by atoms with E-state index in [9.17, 15) is 4.79 Å². The lowest BCUT2D eigenvalue weighted by atomic mass is 10.1. The second-order valence-corrected chi connectivity index (χ2v) is 7.58. The van der Waals surface area contributed by atoms with E-state index in [1.807, 2.05) is 68.8 Å². The van der Waals surface area contributed by atoms with Crippen LogP contribution in [0, 0.1) is 0 Å². The summed E-state index contributed by atoms with van der Waals surface area (Å²) in [5, 5.41) is 7.63. The minimum absolute atomic E-state index is 0.00414. The third-order valence-electron chi connectivity index (χ3n) is 5.35. The summed E-state index contributed by atoms with van der Waals surface area (Å²) in [6, 6.07) is 12.0. The van der Waals surface area contributed by atoms with Crippen molar-refractivity contribution in [3.8, 4) is 0 Å². The lowest BCUT2D eigenvalue weighted by Gasteiger charge is -2.24. The Labute approximate surface area is 171 Å². The number of nitrogens with one attached hydrogen (secondary N) is 1. The Bertz CT molecular complexity index is 995. The molecular formula is C22H26N6O. The largest absolute Gasteiger partial charge is 0.368 e. The first kappa shape index (κ1) is 19.1.